The Morgan fingerprint density at radius 3 is 3.00 bits per heavy atom. The highest BCUT2D eigenvalue weighted by atomic mass is 31.2. The predicted molar refractivity (Wildman–Crippen MR) is 79.1 cm³/mol. The second-order valence-corrected chi connectivity index (χ2v) is 6.31. The van der Waals surface area contributed by atoms with Crippen LogP contribution in [0.2, 0.25) is 0 Å². The van der Waals surface area contributed by atoms with E-state index in [1.165, 1.54) is 19.6 Å². The number of hydrogen-bond acceptors (Lipinski definition) is 10. The van der Waals surface area contributed by atoms with E-state index < -0.39 is 14.1 Å². The number of methoxy groups -OCH3 is 1. The number of ether oxygens (including phenoxy) is 2. The third-order valence-corrected chi connectivity index (χ3v) is 4.21. The van der Waals surface area contributed by atoms with Crippen molar-refractivity contribution in [2.24, 2.45) is 0 Å². The summed E-state index contributed by atoms with van der Waals surface area (Å²) in [7, 11) is -1.99. The number of hydrogen-bond donors (Lipinski definition) is 1. The van der Waals surface area contributed by atoms with Crippen molar-refractivity contribution in [2.45, 2.75) is 12.6 Å². The van der Waals surface area contributed by atoms with Crippen LogP contribution in [0.5, 0.6) is 0 Å². The fourth-order valence-electron chi connectivity index (χ4n) is 2.26. The Morgan fingerprint density at radius 2 is 2.29 bits per heavy atom. The Morgan fingerprint density at radius 1 is 1.50 bits per heavy atom. The van der Waals surface area contributed by atoms with Gasteiger partial charge in [0.05, 0.1) is 12.6 Å². The van der Waals surface area contributed by atoms with Gasteiger partial charge in [-0.15, -0.1) is 0 Å². The van der Waals surface area contributed by atoms with Crippen molar-refractivity contribution in [1.29, 1.82) is 0 Å². The number of rotatable bonds is 6. The van der Waals surface area contributed by atoms with Crippen LogP contribution in [0, 0.1) is 0 Å². The average Bonchev–Trinajstić information content (AvgIpc) is 3.11. The first-order chi connectivity index (χ1) is 11.4. The molecular formula is C12H15N5O6P-. The van der Waals surface area contributed by atoms with E-state index in [4.69, 9.17) is 19.7 Å². The van der Waals surface area contributed by atoms with Crippen LogP contribution < -0.4 is 10.6 Å². The second-order valence-electron chi connectivity index (χ2n) is 4.87. The Hall–Kier alpha value is -2.20. The fraction of sp³-hybridized carbons (Fsp3) is 0.417. The molecule has 2 N–H and O–H groups in total. The summed E-state index contributed by atoms with van der Waals surface area (Å²) in [6, 6.07) is 0. The van der Waals surface area contributed by atoms with E-state index in [1.807, 2.05) is 0 Å². The summed E-state index contributed by atoms with van der Waals surface area (Å²) in [5.41, 5.74) is 6.59. The molecule has 1 unspecified atom stereocenters. The lowest BCUT2D eigenvalue weighted by atomic mass is 10.3. The van der Waals surface area contributed by atoms with Crippen molar-refractivity contribution in [1.82, 2.24) is 19.5 Å². The molecule has 3 heterocycles. The standard InChI is InChI=1S/C12H16N5O6P/c1-20-5-9-8(23-24(18,19)21-2)3-10(22-9)17-6-15-7-4-14-12(13)16-11(7)17/h4,6,10H,3,5H2,1-2H3,(H,18,19)(H2,13,14,16)/p-1/t10-/m1/s1. The van der Waals surface area contributed by atoms with E-state index in [-0.39, 0.29) is 30.5 Å². The van der Waals surface area contributed by atoms with E-state index >= 15 is 0 Å². The minimum atomic E-state index is -4.46. The first-order valence-corrected chi connectivity index (χ1v) is 8.28. The van der Waals surface area contributed by atoms with Crippen molar-refractivity contribution in [2.75, 3.05) is 26.6 Å². The molecule has 1 aliphatic heterocycles. The van der Waals surface area contributed by atoms with Crippen molar-refractivity contribution in [3.63, 3.8) is 0 Å². The normalized spacial score (nSPS) is 20.2. The molecule has 24 heavy (non-hydrogen) atoms. The SMILES string of the molecule is COCC1=C(OP(=O)([O-])OC)C[C@H](n2cnc3cnc(N)nc32)O1. The largest absolute Gasteiger partial charge is 0.746 e. The Labute approximate surface area is 136 Å². The van der Waals surface area contributed by atoms with Crippen molar-refractivity contribution >= 4 is 24.9 Å². The summed E-state index contributed by atoms with van der Waals surface area (Å²) in [5.74, 6) is 0.442. The molecule has 0 amide bonds. The molecular weight excluding hydrogens is 341 g/mol. The monoisotopic (exact) mass is 356 g/mol. The van der Waals surface area contributed by atoms with Crippen LogP contribution in [0.1, 0.15) is 12.6 Å². The molecule has 0 aliphatic carbocycles. The van der Waals surface area contributed by atoms with Crippen molar-refractivity contribution in [3.05, 3.63) is 24.0 Å². The van der Waals surface area contributed by atoms with Gasteiger partial charge in [-0.1, -0.05) is 0 Å². The van der Waals surface area contributed by atoms with Crippen LogP contribution in [0.4, 0.5) is 5.95 Å². The van der Waals surface area contributed by atoms with E-state index in [0.29, 0.717) is 11.2 Å². The maximum absolute atomic E-state index is 11.6. The number of nitrogens with two attached hydrogens (primary N) is 1. The smallest absolute Gasteiger partial charge is 0.319 e. The van der Waals surface area contributed by atoms with Gasteiger partial charge >= 0.3 is 7.82 Å². The zero-order valence-corrected chi connectivity index (χ0v) is 13.8. The number of phosphoric acid groups is 1. The zero-order chi connectivity index (χ0) is 17.3. The van der Waals surface area contributed by atoms with Crippen LogP contribution >= 0.6 is 7.82 Å². The summed E-state index contributed by atoms with van der Waals surface area (Å²) in [5, 5.41) is 0. The number of phosphoric ester groups is 1. The average molecular weight is 356 g/mol. The lowest BCUT2D eigenvalue weighted by Gasteiger charge is -2.21. The highest BCUT2D eigenvalue weighted by molar-refractivity contribution is 7.46. The van der Waals surface area contributed by atoms with E-state index in [9.17, 15) is 9.46 Å². The predicted octanol–water partition coefficient (Wildman–Crippen LogP) is 0.317. The highest BCUT2D eigenvalue weighted by Gasteiger charge is 2.32. The number of imidazole rings is 1. The minimum absolute atomic E-state index is 0.0410. The lowest BCUT2D eigenvalue weighted by molar-refractivity contribution is -0.219. The molecule has 0 spiro atoms. The van der Waals surface area contributed by atoms with Crippen LogP contribution in [0.25, 0.3) is 11.2 Å². The topological polar surface area (TPSA) is 147 Å². The number of fused-ring (bicyclic) bond motifs is 1. The maximum Gasteiger partial charge on any atom is 0.319 e. The molecule has 12 heteroatoms. The van der Waals surface area contributed by atoms with Gasteiger partial charge < -0.3 is 29.1 Å². The summed E-state index contributed by atoms with van der Waals surface area (Å²) >= 11 is 0. The molecule has 3 rings (SSSR count). The molecule has 11 nitrogen and oxygen atoms in total. The van der Waals surface area contributed by atoms with Gasteiger partial charge in [0.15, 0.2) is 23.4 Å². The summed E-state index contributed by atoms with van der Waals surface area (Å²) in [4.78, 5) is 23.7. The number of aromatic nitrogens is 4. The van der Waals surface area contributed by atoms with Crippen LogP contribution in [-0.2, 0) is 23.1 Å². The summed E-state index contributed by atoms with van der Waals surface area (Å²) < 4.78 is 33.2. The Kier molecular flexibility index (Phi) is 4.41. The molecule has 2 aromatic heterocycles. The summed E-state index contributed by atoms with van der Waals surface area (Å²) in [6.07, 6.45) is 2.51. The van der Waals surface area contributed by atoms with Gasteiger partial charge in [-0.05, 0) is 0 Å². The molecule has 0 aromatic carbocycles. The van der Waals surface area contributed by atoms with Crippen molar-refractivity contribution in [3.8, 4) is 0 Å². The fourth-order valence-corrected chi connectivity index (χ4v) is 2.78. The second kappa shape index (κ2) is 6.36. The molecule has 0 radical (unpaired) electrons. The summed E-state index contributed by atoms with van der Waals surface area (Å²) in [6.45, 7) is 0.0410. The van der Waals surface area contributed by atoms with Gasteiger partial charge in [-0.25, -0.2) is 9.97 Å². The van der Waals surface area contributed by atoms with Gasteiger partial charge in [0.2, 0.25) is 5.95 Å². The molecule has 0 bridgehead atoms. The number of nitrogens with zero attached hydrogens (tertiary/aromatic N) is 4. The van der Waals surface area contributed by atoms with Gasteiger partial charge in [0.1, 0.15) is 18.5 Å². The third-order valence-electron chi connectivity index (χ3n) is 3.32. The molecule has 130 valence electrons. The van der Waals surface area contributed by atoms with Gasteiger partial charge in [0.25, 0.3) is 0 Å². The highest BCUT2D eigenvalue weighted by Crippen LogP contribution is 2.45. The van der Waals surface area contributed by atoms with Gasteiger partial charge in [-0.3, -0.25) is 9.13 Å². The first kappa shape index (κ1) is 16.7. The minimum Gasteiger partial charge on any atom is -0.746 e. The molecule has 2 atom stereocenters. The third kappa shape index (κ3) is 3.20. The van der Waals surface area contributed by atoms with Gasteiger partial charge in [-0.2, -0.15) is 4.98 Å². The molecule has 0 saturated carbocycles. The lowest BCUT2D eigenvalue weighted by Crippen LogP contribution is -2.10. The molecule has 1 aliphatic rings. The van der Waals surface area contributed by atoms with E-state index in [1.54, 1.807) is 4.57 Å². The van der Waals surface area contributed by atoms with E-state index in [0.717, 1.165) is 7.11 Å². The van der Waals surface area contributed by atoms with Crippen LogP contribution in [-0.4, -0.2) is 40.3 Å². The Bertz CT molecular complexity index is 836. The Balaban J connectivity index is 1.89. The molecule has 2 aromatic rings. The van der Waals surface area contributed by atoms with Crippen LogP contribution in [0.3, 0.4) is 0 Å². The number of anilines is 1. The van der Waals surface area contributed by atoms with Crippen molar-refractivity contribution < 1.29 is 28.0 Å². The first-order valence-electron chi connectivity index (χ1n) is 6.82. The number of nitrogen functional groups attached to an aromatic ring is 1. The van der Waals surface area contributed by atoms with E-state index in [2.05, 4.69) is 19.5 Å². The zero-order valence-electron chi connectivity index (χ0n) is 12.9. The quantitative estimate of drug-likeness (QED) is 0.717. The van der Waals surface area contributed by atoms with Crippen LogP contribution in [0.15, 0.2) is 24.0 Å². The van der Waals surface area contributed by atoms with Gasteiger partial charge in [0, 0.05) is 14.2 Å². The maximum atomic E-state index is 11.6. The molecule has 0 saturated heterocycles. The molecule has 0 fully saturated rings.